The number of ether oxygens (including phenoxy) is 1. The minimum absolute atomic E-state index is 0.133. The van der Waals surface area contributed by atoms with E-state index in [9.17, 15) is 13.2 Å². The highest BCUT2D eigenvalue weighted by Gasteiger charge is 2.21. The second kappa shape index (κ2) is 8.13. The van der Waals surface area contributed by atoms with Gasteiger partial charge < -0.3 is 10.1 Å². The summed E-state index contributed by atoms with van der Waals surface area (Å²) in [6.07, 6.45) is 1.53. The molecule has 0 aliphatic carbocycles. The molecule has 134 valence electrons. The SMILES string of the molecule is CCC[C@@H](C(=O)Nc1ccc(OC)c(S(N)(=O)=O)c1)c1ccccc1. The van der Waals surface area contributed by atoms with Gasteiger partial charge in [0.05, 0.1) is 13.0 Å². The van der Waals surface area contributed by atoms with E-state index in [1.54, 1.807) is 6.07 Å². The molecule has 3 N–H and O–H groups in total. The average molecular weight is 362 g/mol. The minimum atomic E-state index is -3.96. The minimum Gasteiger partial charge on any atom is -0.495 e. The molecule has 0 aliphatic rings. The summed E-state index contributed by atoms with van der Waals surface area (Å²) in [5.74, 6) is -0.376. The monoisotopic (exact) mass is 362 g/mol. The van der Waals surface area contributed by atoms with Gasteiger partial charge in [0.1, 0.15) is 10.6 Å². The third-order valence-corrected chi connectivity index (χ3v) is 4.77. The fraction of sp³-hybridized carbons (Fsp3) is 0.278. The molecule has 0 heterocycles. The number of rotatable bonds is 7. The van der Waals surface area contributed by atoms with Crippen LogP contribution in [0.3, 0.4) is 0 Å². The van der Waals surface area contributed by atoms with Crippen molar-refractivity contribution in [1.82, 2.24) is 0 Å². The van der Waals surface area contributed by atoms with Crippen LogP contribution in [0.15, 0.2) is 53.4 Å². The highest BCUT2D eigenvalue weighted by Crippen LogP contribution is 2.28. The number of nitrogens with two attached hydrogens (primary N) is 1. The predicted octanol–water partition coefficient (Wildman–Crippen LogP) is 2.87. The first-order valence-corrected chi connectivity index (χ1v) is 9.48. The zero-order valence-corrected chi connectivity index (χ0v) is 15.0. The molecule has 0 spiro atoms. The molecule has 0 saturated heterocycles. The van der Waals surface area contributed by atoms with Crippen molar-refractivity contribution in [2.75, 3.05) is 12.4 Å². The van der Waals surface area contributed by atoms with Crippen molar-refractivity contribution >= 4 is 21.6 Å². The van der Waals surface area contributed by atoms with Crippen LogP contribution in [0, 0.1) is 0 Å². The number of carbonyl (C=O) groups is 1. The van der Waals surface area contributed by atoms with Crippen LogP contribution in [-0.4, -0.2) is 21.4 Å². The van der Waals surface area contributed by atoms with Crippen LogP contribution in [0.25, 0.3) is 0 Å². The van der Waals surface area contributed by atoms with Gasteiger partial charge in [0.15, 0.2) is 0 Å². The first kappa shape index (κ1) is 19.0. The predicted molar refractivity (Wildman–Crippen MR) is 97.1 cm³/mol. The van der Waals surface area contributed by atoms with E-state index < -0.39 is 10.0 Å². The molecule has 0 fully saturated rings. The Hall–Kier alpha value is -2.38. The normalized spacial score (nSPS) is 12.4. The van der Waals surface area contributed by atoms with E-state index >= 15 is 0 Å². The van der Waals surface area contributed by atoms with Crippen LogP contribution in [0.1, 0.15) is 31.2 Å². The highest BCUT2D eigenvalue weighted by molar-refractivity contribution is 7.89. The number of sulfonamides is 1. The van der Waals surface area contributed by atoms with E-state index in [2.05, 4.69) is 5.32 Å². The fourth-order valence-corrected chi connectivity index (χ4v) is 3.35. The van der Waals surface area contributed by atoms with Gasteiger partial charge >= 0.3 is 0 Å². The number of amides is 1. The second-order valence-corrected chi connectivity index (χ2v) is 7.18. The van der Waals surface area contributed by atoms with E-state index in [0.29, 0.717) is 12.1 Å². The smallest absolute Gasteiger partial charge is 0.241 e. The Kier molecular flexibility index (Phi) is 6.17. The molecule has 0 bridgehead atoms. The first-order chi connectivity index (χ1) is 11.9. The molecule has 0 saturated carbocycles. The van der Waals surface area contributed by atoms with Crippen LogP contribution in [0.2, 0.25) is 0 Å². The van der Waals surface area contributed by atoms with Crippen molar-refractivity contribution in [2.45, 2.75) is 30.6 Å². The average Bonchev–Trinajstić information content (AvgIpc) is 2.59. The van der Waals surface area contributed by atoms with Gasteiger partial charge in [0.25, 0.3) is 0 Å². The topological polar surface area (TPSA) is 98.5 Å². The molecule has 0 aliphatic heterocycles. The zero-order valence-electron chi connectivity index (χ0n) is 14.2. The summed E-state index contributed by atoms with van der Waals surface area (Å²) >= 11 is 0. The zero-order chi connectivity index (χ0) is 18.4. The third kappa shape index (κ3) is 4.80. The summed E-state index contributed by atoms with van der Waals surface area (Å²) in [6, 6.07) is 13.8. The van der Waals surface area contributed by atoms with Gasteiger partial charge in [-0.3, -0.25) is 4.79 Å². The number of benzene rings is 2. The second-order valence-electron chi connectivity index (χ2n) is 5.65. The van der Waals surface area contributed by atoms with E-state index in [1.807, 2.05) is 37.3 Å². The summed E-state index contributed by atoms with van der Waals surface area (Å²) in [4.78, 5) is 12.5. The van der Waals surface area contributed by atoms with Gasteiger partial charge in [-0.05, 0) is 30.2 Å². The van der Waals surface area contributed by atoms with Crippen LogP contribution in [0.5, 0.6) is 5.75 Å². The van der Waals surface area contributed by atoms with Crippen molar-refractivity contribution in [1.29, 1.82) is 0 Å². The lowest BCUT2D eigenvalue weighted by atomic mass is 9.93. The summed E-state index contributed by atoms with van der Waals surface area (Å²) in [6.45, 7) is 2.01. The Morgan fingerprint density at radius 2 is 1.88 bits per heavy atom. The van der Waals surface area contributed by atoms with Crippen molar-refractivity contribution in [3.8, 4) is 5.75 Å². The number of primary sulfonamides is 1. The van der Waals surface area contributed by atoms with Gasteiger partial charge in [-0.25, -0.2) is 13.6 Å². The number of methoxy groups -OCH3 is 1. The number of hydrogen-bond acceptors (Lipinski definition) is 4. The van der Waals surface area contributed by atoms with Gasteiger partial charge in [0, 0.05) is 5.69 Å². The van der Waals surface area contributed by atoms with Crippen LogP contribution in [0.4, 0.5) is 5.69 Å². The Labute approximate surface area is 148 Å². The standard InChI is InChI=1S/C18H22N2O4S/c1-3-7-15(13-8-5-4-6-9-13)18(21)20-14-10-11-16(24-2)17(12-14)25(19,22)23/h4-6,8-12,15H,3,7H2,1-2H3,(H,20,21)(H2,19,22,23)/t15-/m1/s1. The maximum Gasteiger partial charge on any atom is 0.241 e. The number of carbonyl (C=O) groups excluding carboxylic acids is 1. The molecule has 7 heteroatoms. The van der Waals surface area contributed by atoms with Crippen LogP contribution >= 0.6 is 0 Å². The summed E-state index contributed by atoms with van der Waals surface area (Å²) in [5, 5.41) is 7.99. The molecule has 25 heavy (non-hydrogen) atoms. The maximum absolute atomic E-state index is 12.7. The Morgan fingerprint density at radius 1 is 1.20 bits per heavy atom. The number of hydrogen-bond donors (Lipinski definition) is 2. The van der Waals surface area contributed by atoms with Gasteiger partial charge in [-0.2, -0.15) is 0 Å². The molecule has 2 aromatic carbocycles. The molecule has 0 unspecified atom stereocenters. The van der Waals surface area contributed by atoms with Crippen molar-refractivity contribution in [2.24, 2.45) is 5.14 Å². The Bertz CT molecular complexity index is 835. The number of nitrogens with one attached hydrogen (secondary N) is 1. The fourth-order valence-electron chi connectivity index (χ4n) is 2.63. The highest BCUT2D eigenvalue weighted by atomic mass is 32.2. The lowest BCUT2D eigenvalue weighted by Gasteiger charge is -2.17. The maximum atomic E-state index is 12.7. The van der Waals surface area contributed by atoms with E-state index in [1.165, 1.54) is 19.2 Å². The Morgan fingerprint density at radius 3 is 2.44 bits per heavy atom. The summed E-state index contributed by atoms with van der Waals surface area (Å²) in [5.41, 5.74) is 1.27. The number of anilines is 1. The first-order valence-electron chi connectivity index (χ1n) is 7.93. The third-order valence-electron chi connectivity index (χ3n) is 3.83. The van der Waals surface area contributed by atoms with Crippen molar-refractivity contribution in [3.05, 3.63) is 54.1 Å². The molecular formula is C18H22N2O4S. The molecule has 6 nitrogen and oxygen atoms in total. The van der Waals surface area contributed by atoms with Crippen molar-refractivity contribution < 1.29 is 17.9 Å². The molecule has 2 aromatic rings. The largest absolute Gasteiger partial charge is 0.495 e. The van der Waals surface area contributed by atoms with Crippen LogP contribution < -0.4 is 15.2 Å². The molecule has 1 amide bonds. The summed E-state index contributed by atoms with van der Waals surface area (Å²) < 4.78 is 28.4. The van der Waals surface area contributed by atoms with Crippen molar-refractivity contribution in [3.63, 3.8) is 0 Å². The van der Waals surface area contributed by atoms with E-state index in [0.717, 1.165) is 12.0 Å². The lowest BCUT2D eigenvalue weighted by molar-refractivity contribution is -0.117. The van der Waals surface area contributed by atoms with Gasteiger partial charge in [-0.1, -0.05) is 43.7 Å². The van der Waals surface area contributed by atoms with E-state index in [-0.39, 0.29) is 22.5 Å². The van der Waals surface area contributed by atoms with Gasteiger partial charge in [-0.15, -0.1) is 0 Å². The lowest BCUT2D eigenvalue weighted by Crippen LogP contribution is -2.21. The van der Waals surface area contributed by atoms with Crippen LogP contribution in [-0.2, 0) is 14.8 Å². The molecule has 0 radical (unpaired) electrons. The molecule has 1 atom stereocenters. The van der Waals surface area contributed by atoms with Gasteiger partial charge in [0.2, 0.25) is 15.9 Å². The molecule has 0 aromatic heterocycles. The Balaban J connectivity index is 2.30. The molecule has 2 rings (SSSR count). The molecular weight excluding hydrogens is 340 g/mol. The van der Waals surface area contributed by atoms with E-state index in [4.69, 9.17) is 9.88 Å². The summed E-state index contributed by atoms with van der Waals surface area (Å²) in [7, 11) is -2.61. The quantitative estimate of drug-likeness (QED) is 0.791.